The van der Waals surface area contributed by atoms with Gasteiger partial charge in [-0.25, -0.2) is 0 Å². The van der Waals surface area contributed by atoms with Crippen molar-refractivity contribution < 1.29 is 0 Å². The molecule has 2 heterocycles. The van der Waals surface area contributed by atoms with Crippen molar-refractivity contribution in [1.82, 2.24) is 4.98 Å². The van der Waals surface area contributed by atoms with Gasteiger partial charge in [-0.15, -0.1) is 0 Å². The number of nitrogens with two attached hydrogens (primary N) is 1. The van der Waals surface area contributed by atoms with Crippen LogP contribution < -0.4 is 5.73 Å². The number of hydrogen-bond donors (Lipinski definition) is 1. The van der Waals surface area contributed by atoms with Gasteiger partial charge in [-0.3, -0.25) is 9.98 Å². The van der Waals surface area contributed by atoms with E-state index in [1.165, 1.54) is 5.56 Å². The minimum absolute atomic E-state index is 0.0959. The fourth-order valence-corrected chi connectivity index (χ4v) is 2.21. The molecule has 1 aromatic carbocycles. The quantitative estimate of drug-likeness (QED) is 0.804. The third-order valence-corrected chi connectivity index (χ3v) is 3.07. The van der Waals surface area contributed by atoms with Crippen molar-refractivity contribution in [3.63, 3.8) is 0 Å². The van der Waals surface area contributed by atoms with E-state index >= 15 is 0 Å². The van der Waals surface area contributed by atoms with Crippen LogP contribution in [0.4, 0.5) is 0 Å². The summed E-state index contributed by atoms with van der Waals surface area (Å²) in [6.07, 6.45) is 4.52. The third-order valence-electron chi connectivity index (χ3n) is 3.07. The Labute approximate surface area is 100 Å². The molecule has 1 aliphatic heterocycles. The highest BCUT2D eigenvalue weighted by Gasteiger charge is 2.20. The molecular weight excluding hydrogens is 210 g/mol. The Morgan fingerprint density at radius 3 is 2.82 bits per heavy atom. The Kier molecular flexibility index (Phi) is 2.37. The highest BCUT2D eigenvalue weighted by molar-refractivity contribution is 5.99. The number of pyridine rings is 1. The lowest BCUT2D eigenvalue weighted by Gasteiger charge is -2.21. The lowest BCUT2D eigenvalue weighted by molar-refractivity contribution is 0.706. The first-order chi connectivity index (χ1) is 8.34. The van der Waals surface area contributed by atoms with Gasteiger partial charge in [0.05, 0.1) is 6.04 Å². The van der Waals surface area contributed by atoms with Gasteiger partial charge in [0.15, 0.2) is 0 Å². The van der Waals surface area contributed by atoms with E-state index in [-0.39, 0.29) is 6.04 Å². The van der Waals surface area contributed by atoms with Crippen LogP contribution in [-0.2, 0) is 6.42 Å². The van der Waals surface area contributed by atoms with Gasteiger partial charge in [-0.2, -0.15) is 0 Å². The molecule has 0 fully saturated rings. The average molecular weight is 223 g/mol. The summed E-state index contributed by atoms with van der Waals surface area (Å²) in [5.74, 6) is 0.626. The van der Waals surface area contributed by atoms with Gasteiger partial charge in [0.2, 0.25) is 0 Å². The van der Waals surface area contributed by atoms with E-state index in [0.29, 0.717) is 5.84 Å². The molecule has 0 aliphatic carbocycles. The molecule has 0 bridgehead atoms. The van der Waals surface area contributed by atoms with Crippen LogP contribution >= 0.6 is 0 Å². The average Bonchev–Trinajstić information content (AvgIpc) is 2.40. The van der Waals surface area contributed by atoms with E-state index in [1.54, 1.807) is 6.20 Å². The zero-order valence-corrected chi connectivity index (χ0v) is 9.38. The number of rotatable bonds is 1. The third kappa shape index (κ3) is 1.80. The zero-order valence-electron chi connectivity index (χ0n) is 9.38. The Hall–Kier alpha value is -2.16. The Bertz CT molecular complexity index is 561. The maximum absolute atomic E-state index is 6.00. The number of aliphatic imine (C=N–C) groups is 1. The summed E-state index contributed by atoms with van der Waals surface area (Å²) in [6.45, 7) is 0. The topological polar surface area (TPSA) is 51.3 Å². The van der Waals surface area contributed by atoms with Crippen LogP contribution in [0.1, 0.15) is 22.7 Å². The van der Waals surface area contributed by atoms with Gasteiger partial charge >= 0.3 is 0 Å². The van der Waals surface area contributed by atoms with Crippen molar-refractivity contribution in [2.24, 2.45) is 10.7 Å². The van der Waals surface area contributed by atoms with E-state index in [4.69, 9.17) is 5.73 Å². The molecular formula is C14H13N3. The summed E-state index contributed by atoms with van der Waals surface area (Å²) in [4.78, 5) is 8.68. The van der Waals surface area contributed by atoms with Crippen molar-refractivity contribution in [1.29, 1.82) is 0 Å². The maximum atomic E-state index is 6.00. The first kappa shape index (κ1) is 10.0. The number of aromatic nitrogens is 1. The monoisotopic (exact) mass is 223 g/mol. The molecule has 2 aromatic rings. The number of benzene rings is 1. The molecule has 0 saturated heterocycles. The number of nitrogens with zero attached hydrogens (tertiary/aromatic N) is 2. The van der Waals surface area contributed by atoms with Crippen molar-refractivity contribution >= 4 is 5.84 Å². The molecule has 3 nitrogen and oxygen atoms in total. The summed E-state index contributed by atoms with van der Waals surface area (Å²) in [6, 6.07) is 12.2. The summed E-state index contributed by atoms with van der Waals surface area (Å²) in [5, 5.41) is 0. The fourth-order valence-electron chi connectivity index (χ4n) is 2.21. The van der Waals surface area contributed by atoms with Crippen molar-refractivity contribution in [3.8, 4) is 0 Å². The summed E-state index contributed by atoms with van der Waals surface area (Å²) < 4.78 is 0. The van der Waals surface area contributed by atoms with Crippen LogP contribution in [0.3, 0.4) is 0 Å². The molecule has 1 atom stereocenters. The Balaban J connectivity index is 2.02. The summed E-state index contributed by atoms with van der Waals surface area (Å²) >= 11 is 0. The van der Waals surface area contributed by atoms with E-state index in [1.807, 2.05) is 36.5 Å². The van der Waals surface area contributed by atoms with Gasteiger partial charge in [0, 0.05) is 18.0 Å². The molecule has 17 heavy (non-hydrogen) atoms. The standard InChI is InChI=1S/C14H13N3/c15-14-12-6-2-1-4-10(12)8-13(17-14)11-5-3-7-16-9-11/h1-7,9,13H,8H2,(H2,15,17). The lowest BCUT2D eigenvalue weighted by Crippen LogP contribution is -2.22. The predicted molar refractivity (Wildman–Crippen MR) is 67.8 cm³/mol. The van der Waals surface area contributed by atoms with Gasteiger partial charge in [-0.1, -0.05) is 30.3 Å². The largest absolute Gasteiger partial charge is 0.383 e. The van der Waals surface area contributed by atoms with Crippen LogP contribution in [0, 0.1) is 0 Å². The second kappa shape index (κ2) is 4.01. The number of hydrogen-bond acceptors (Lipinski definition) is 3. The minimum atomic E-state index is 0.0959. The Morgan fingerprint density at radius 1 is 1.12 bits per heavy atom. The molecule has 1 aromatic heterocycles. The number of amidine groups is 1. The van der Waals surface area contributed by atoms with Crippen LogP contribution in [0.2, 0.25) is 0 Å². The molecule has 3 rings (SSSR count). The second-order valence-corrected chi connectivity index (χ2v) is 4.18. The highest BCUT2D eigenvalue weighted by atomic mass is 14.9. The smallest absolute Gasteiger partial charge is 0.126 e. The van der Waals surface area contributed by atoms with E-state index in [2.05, 4.69) is 16.0 Å². The minimum Gasteiger partial charge on any atom is -0.383 e. The fraction of sp³-hybridized carbons (Fsp3) is 0.143. The van der Waals surface area contributed by atoms with E-state index < -0.39 is 0 Å². The highest BCUT2D eigenvalue weighted by Crippen LogP contribution is 2.27. The van der Waals surface area contributed by atoms with Gasteiger partial charge in [-0.05, 0) is 23.6 Å². The van der Waals surface area contributed by atoms with Crippen LogP contribution in [0.15, 0.2) is 53.8 Å². The van der Waals surface area contributed by atoms with E-state index in [0.717, 1.165) is 17.5 Å². The molecule has 0 saturated carbocycles. The van der Waals surface area contributed by atoms with Crippen molar-refractivity contribution in [2.75, 3.05) is 0 Å². The molecule has 0 radical (unpaired) electrons. The molecule has 3 heteroatoms. The first-order valence-corrected chi connectivity index (χ1v) is 5.66. The van der Waals surface area contributed by atoms with Crippen LogP contribution in [-0.4, -0.2) is 10.8 Å². The lowest BCUT2D eigenvalue weighted by atomic mass is 9.93. The summed E-state index contributed by atoms with van der Waals surface area (Å²) in [5.41, 5.74) is 9.44. The van der Waals surface area contributed by atoms with Crippen molar-refractivity contribution in [2.45, 2.75) is 12.5 Å². The molecule has 0 spiro atoms. The van der Waals surface area contributed by atoms with Gasteiger partial charge < -0.3 is 5.73 Å². The molecule has 0 amide bonds. The molecule has 1 aliphatic rings. The molecule has 2 N–H and O–H groups in total. The predicted octanol–water partition coefficient (Wildman–Crippen LogP) is 2.08. The first-order valence-electron chi connectivity index (χ1n) is 5.66. The van der Waals surface area contributed by atoms with Gasteiger partial charge in [0.1, 0.15) is 5.84 Å². The normalized spacial score (nSPS) is 18.4. The zero-order chi connectivity index (χ0) is 11.7. The Morgan fingerprint density at radius 2 is 2.00 bits per heavy atom. The van der Waals surface area contributed by atoms with Crippen molar-refractivity contribution in [3.05, 3.63) is 65.5 Å². The van der Waals surface area contributed by atoms with E-state index in [9.17, 15) is 0 Å². The SMILES string of the molecule is NC1=NC(c2cccnc2)Cc2ccccc21. The van der Waals surface area contributed by atoms with Crippen LogP contribution in [0.25, 0.3) is 0 Å². The number of fused-ring (bicyclic) bond motifs is 1. The summed E-state index contributed by atoms with van der Waals surface area (Å²) in [7, 11) is 0. The maximum Gasteiger partial charge on any atom is 0.126 e. The van der Waals surface area contributed by atoms with Crippen LogP contribution in [0.5, 0.6) is 0 Å². The second-order valence-electron chi connectivity index (χ2n) is 4.18. The van der Waals surface area contributed by atoms with Gasteiger partial charge in [0.25, 0.3) is 0 Å². The molecule has 84 valence electrons. The molecule has 1 unspecified atom stereocenters.